The maximum Gasteiger partial charge on any atom is 0.251 e. The van der Waals surface area contributed by atoms with Crippen LogP contribution in [0.2, 0.25) is 5.02 Å². The summed E-state index contributed by atoms with van der Waals surface area (Å²) in [6.07, 6.45) is 0. The van der Waals surface area contributed by atoms with Gasteiger partial charge in [0.15, 0.2) is 0 Å². The van der Waals surface area contributed by atoms with Crippen LogP contribution in [-0.2, 0) is 0 Å². The zero-order chi connectivity index (χ0) is 12.0. The molecule has 98 valence electrons. The summed E-state index contributed by atoms with van der Waals surface area (Å²) < 4.78 is 0. The molecule has 3 rings (SSSR count). The van der Waals surface area contributed by atoms with Gasteiger partial charge >= 0.3 is 0 Å². The maximum atomic E-state index is 12.0. The van der Waals surface area contributed by atoms with Crippen molar-refractivity contribution >= 4 is 29.9 Å². The molecule has 0 spiro atoms. The third-order valence-corrected chi connectivity index (χ3v) is 3.91. The van der Waals surface area contributed by atoms with E-state index in [9.17, 15) is 4.79 Å². The average molecular weight is 287 g/mol. The van der Waals surface area contributed by atoms with Gasteiger partial charge in [0, 0.05) is 29.7 Å². The fourth-order valence-corrected chi connectivity index (χ4v) is 3.02. The van der Waals surface area contributed by atoms with Crippen LogP contribution in [0.25, 0.3) is 0 Å². The standard InChI is InChI=1S/C13H15ClN2O.ClH/c1-7-2-8(4-9(14)3-7)13(17)16-12-10-5-15-6-11(10)12;/h2-4,10-12,15H,5-6H2,1H3,(H,16,17);1H. The molecule has 1 amide bonds. The summed E-state index contributed by atoms with van der Waals surface area (Å²) in [7, 11) is 0. The summed E-state index contributed by atoms with van der Waals surface area (Å²) in [5.74, 6) is 1.27. The van der Waals surface area contributed by atoms with Gasteiger partial charge in [-0.1, -0.05) is 11.6 Å². The van der Waals surface area contributed by atoms with E-state index in [0.717, 1.165) is 18.7 Å². The van der Waals surface area contributed by atoms with Gasteiger partial charge in [0.2, 0.25) is 0 Å². The van der Waals surface area contributed by atoms with Crippen LogP contribution in [0.3, 0.4) is 0 Å². The zero-order valence-electron chi connectivity index (χ0n) is 10.1. The van der Waals surface area contributed by atoms with E-state index >= 15 is 0 Å². The minimum Gasteiger partial charge on any atom is -0.349 e. The number of halogens is 2. The lowest BCUT2D eigenvalue weighted by molar-refractivity contribution is 0.0946. The second-order valence-electron chi connectivity index (χ2n) is 5.00. The second-order valence-corrected chi connectivity index (χ2v) is 5.44. The molecule has 1 heterocycles. The molecule has 0 aromatic heterocycles. The van der Waals surface area contributed by atoms with E-state index in [1.807, 2.05) is 19.1 Å². The molecular formula is C13H16Cl2N2O. The van der Waals surface area contributed by atoms with Gasteiger partial charge in [-0.05, 0) is 42.5 Å². The molecule has 2 N–H and O–H groups in total. The Morgan fingerprint density at radius 3 is 2.61 bits per heavy atom. The smallest absolute Gasteiger partial charge is 0.251 e. The fraction of sp³-hybridized carbons (Fsp3) is 0.462. The minimum absolute atomic E-state index is 0. The number of carbonyl (C=O) groups is 1. The predicted molar refractivity (Wildman–Crippen MR) is 74.5 cm³/mol. The molecule has 0 bridgehead atoms. The Hall–Kier alpha value is -0.770. The molecule has 2 aliphatic rings. The van der Waals surface area contributed by atoms with Crippen LogP contribution in [0.15, 0.2) is 18.2 Å². The minimum atomic E-state index is -0.00463. The van der Waals surface area contributed by atoms with E-state index < -0.39 is 0 Å². The molecule has 1 saturated heterocycles. The predicted octanol–water partition coefficient (Wildman–Crippen LogP) is 2.02. The van der Waals surface area contributed by atoms with E-state index in [-0.39, 0.29) is 18.3 Å². The topological polar surface area (TPSA) is 41.1 Å². The lowest BCUT2D eigenvalue weighted by Gasteiger charge is -2.08. The lowest BCUT2D eigenvalue weighted by atomic mass is 10.1. The molecule has 1 aliphatic heterocycles. The molecule has 0 radical (unpaired) electrons. The number of aryl methyl sites for hydroxylation is 1. The highest BCUT2D eigenvalue weighted by Crippen LogP contribution is 2.41. The average Bonchev–Trinajstić information content (AvgIpc) is 2.73. The molecule has 1 aromatic carbocycles. The summed E-state index contributed by atoms with van der Waals surface area (Å²) in [5.41, 5.74) is 1.67. The highest BCUT2D eigenvalue weighted by atomic mass is 35.5. The summed E-state index contributed by atoms with van der Waals surface area (Å²) in [6.45, 7) is 4.01. The quantitative estimate of drug-likeness (QED) is 0.873. The van der Waals surface area contributed by atoms with E-state index in [0.29, 0.717) is 28.5 Å². The molecule has 18 heavy (non-hydrogen) atoms. The number of nitrogens with one attached hydrogen (secondary N) is 2. The van der Waals surface area contributed by atoms with Gasteiger partial charge < -0.3 is 10.6 Å². The second kappa shape index (κ2) is 5.08. The molecule has 3 nitrogen and oxygen atoms in total. The first-order valence-electron chi connectivity index (χ1n) is 5.94. The number of hydrogen-bond acceptors (Lipinski definition) is 2. The van der Waals surface area contributed by atoms with Crippen molar-refractivity contribution < 1.29 is 4.79 Å². The van der Waals surface area contributed by atoms with Crippen LogP contribution in [0.4, 0.5) is 0 Å². The van der Waals surface area contributed by atoms with Crippen LogP contribution >= 0.6 is 24.0 Å². The highest BCUT2D eigenvalue weighted by Gasteiger charge is 2.53. The number of rotatable bonds is 2. The zero-order valence-corrected chi connectivity index (χ0v) is 11.6. The van der Waals surface area contributed by atoms with Crippen molar-refractivity contribution in [3.05, 3.63) is 34.3 Å². The summed E-state index contributed by atoms with van der Waals surface area (Å²) in [4.78, 5) is 12.0. The molecule has 5 heteroatoms. The first-order chi connectivity index (χ1) is 8.15. The van der Waals surface area contributed by atoms with E-state index in [2.05, 4.69) is 10.6 Å². The van der Waals surface area contributed by atoms with Gasteiger partial charge in [0.1, 0.15) is 0 Å². The molecular weight excluding hydrogens is 271 g/mol. The molecule has 1 saturated carbocycles. The van der Waals surface area contributed by atoms with E-state index in [1.165, 1.54) is 0 Å². The first-order valence-corrected chi connectivity index (χ1v) is 6.32. The summed E-state index contributed by atoms with van der Waals surface area (Å²) >= 11 is 5.95. The number of hydrogen-bond donors (Lipinski definition) is 2. The molecule has 1 aromatic rings. The van der Waals surface area contributed by atoms with Crippen LogP contribution in [0, 0.1) is 18.8 Å². The Labute approximate surface area is 118 Å². The third kappa shape index (κ3) is 2.48. The number of piperidine rings is 1. The third-order valence-electron chi connectivity index (χ3n) is 3.69. The molecule has 2 unspecified atom stereocenters. The highest BCUT2D eigenvalue weighted by molar-refractivity contribution is 6.31. The van der Waals surface area contributed by atoms with E-state index in [1.54, 1.807) is 6.07 Å². The van der Waals surface area contributed by atoms with Crippen LogP contribution in [0.1, 0.15) is 15.9 Å². The van der Waals surface area contributed by atoms with Crippen molar-refractivity contribution in [1.29, 1.82) is 0 Å². The van der Waals surface area contributed by atoms with Crippen molar-refractivity contribution in [2.24, 2.45) is 11.8 Å². The Kier molecular flexibility index (Phi) is 3.85. The largest absolute Gasteiger partial charge is 0.349 e. The van der Waals surface area contributed by atoms with Crippen molar-refractivity contribution in [3.8, 4) is 0 Å². The van der Waals surface area contributed by atoms with Crippen molar-refractivity contribution in [2.75, 3.05) is 13.1 Å². The van der Waals surface area contributed by atoms with Gasteiger partial charge in [0.05, 0.1) is 0 Å². The number of carbonyl (C=O) groups excluding carboxylic acids is 1. The maximum absolute atomic E-state index is 12.0. The summed E-state index contributed by atoms with van der Waals surface area (Å²) in [6, 6.07) is 5.81. The Bertz CT molecular complexity index is 448. The fourth-order valence-electron chi connectivity index (χ4n) is 2.73. The molecule has 2 fully saturated rings. The van der Waals surface area contributed by atoms with Gasteiger partial charge in [-0.25, -0.2) is 0 Å². The number of fused-ring (bicyclic) bond motifs is 1. The van der Waals surface area contributed by atoms with Gasteiger partial charge in [-0.2, -0.15) is 0 Å². The molecule has 2 atom stereocenters. The number of amides is 1. The van der Waals surface area contributed by atoms with Crippen molar-refractivity contribution in [2.45, 2.75) is 13.0 Å². The van der Waals surface area contributed by atoms with Crippen LogP contribution in [-0.4, -0.2) is 25.0 Å². The first kappa shape index (κ1) is 13.7. The SMILES string of the molecule is Cc1cc(Cl)cc(C(=O)NC2C3CNCC32)c1.Cl. The van der Waals surface area contributed by atoms with Crippen molar-refractivity contribution in [3.63, 3.8) is 0 Å². The molecule has 1 aliphatic carbocycles. The summed E-state index contributed by atoms with van der Waals surface area (Å²) in [5, 5.41) is 7.02. The number of benzene rings is 1. The Morgan fingerprint density at radius 2 is 2.00 bits per heavy atom. The van der Waals surface area contributed by atoms with E-state index in [4.69, 9.17) is 11.6 Å². The van der Waals surface area contributed by atoms with Gasteiger partial charge in [-0.3, -0.25) is 4.79 Å². The lowest BCUT2D eigenvalue weighted by Crippen LogP contribution is -2.32. The Balaban J connectivity index is 0.00000120. The van der Waals surface area contributed by atoms with Gasteiger partial charge in [-0.15, -0.1) is 12.4 Å². The van der Waals surface area contributed by atoms with Crippen molar-refractivity contribution in [1.82, 2.24) is 10.6 Å². The Morgan fingerprint density at radius 1 is 1.33 bits per heavy atom. The van der Waals surface area contributed by atoms with Crippen LogP contribution < -0.4 is 10.6 Å². The normalized spacial score (nSPS) is 28.2. The van der Waals surface area contributed by atoms with Gasteiger partial charge in [0.25, 0.3) is 5.91 Å². The monoisotopic (exact) mass is 286 g/mol. The van der Waals surface area contributed by atoms with Crippen LogP contribution in [0.5, 0.6) is 0 Å².